The Kier molecular flexibility index (Phi) is 7.11. The van der Waals surface area contributed by atoms with Crippen LogP contribution in [0.1, 0.15) is 59.5 Å². The molecule has 0 radical (unpaired) electrons. The highest BCUT2D eigenvalue weighted by Crippen LogP contribution is 2.37. The Hall–Kier alpha value is -2.76. The Morgan fingerprint density at radius 2 is 1.88 bits per heavy atom. The van der Waals surface area contributed by atoms with Gasteiger partial charge in [0.15, 0.2) is 5.78 Å². The SMILES string of the molecule is CC(=O)c1ccc(N2CCN(C(C)C(=O)Nc3sc4c(c3C#N)CCCCC4)CC2)c(F)c1. The number of carbonyl (C=O) groups excluding carboxylic acids is 2. The zero-order chi connectivity index (χ0) is 23.5. The van der Waals surface area contributed by atoms with Gasteiger partial charge in [0.25, 0.3) is 0 Å². The van der Waals surface area contributed by atoms with E-state index in [1.807, 2.05) is 11.8 Å². The summed E-state index contributed by atoms with van der Waals surface area (Å²) in [5, 5.41) is 13.4. The van der Waals surface area contributed by atoms with Crippen LogP contribution in [0, 0.1) is 17.1 Å². The van der Waals surface area contributed by atoms with Gasteiger partial charge in [-0.25, -0.2) is 4.39 Å². The van der Waals surface area contributed by atoms with Crippen molar-refractivity contribution in [1.29, 1.82) is 5.26 Å². The van der Waals surface area contributed by atoms with E-state index in [4.69, 9.17) is 0 Å². The van der Waals surface area contributed by atoms with E-state index >= 15 is 0 Å². The molecule has 174 valence electrons. The van der Waals surface area contributed by atoms with Crippen LogP contribution in [-0.4, -0.2) is 48.8 Å². The molecule has 1 aliphatic carbocycles. The highest BCUT2D eigenvalue weighted by molar-refractivity contribution is 7.16. The minimum Gasteiger partial charge on any atom is -0.367 e. The van der Waals surface area contributed by atoms with E-state index in [1.165, 1.54) is 24.3 Å². The Balaban J connectivity index is 1.38. The Labute approximate surface area is 198 Å². The van der Waals surface area contributed by atoms with Crippen LogP contribution in [0.2, 0.25) is 0 Å². The lowest BCUT2D eigenvalue weighted by molar-refractivity contribution is -0.120. The summed E-state index contributed by atoms with van der Waals surface area (Å²) in [6.07, 6.45) is 5.29. The van der Waals surface area contributed by atoms with Crippen LogP contribution in [0.5, 0.6) is 0 Å². The molecule has 33 heavy (non-hydrogen) atoms. The summed E-state index contributed by atoms with van der Waals surface area (Å²) in [5.41, 5.74) is 2.60. The van der Waals surface area contributed by atoms with Crippen molar-refractivity contribution in [3.63, 3.8) is 0 Å². The standard InChI is InChI=1S/C25H29FN4O2S/c1-16(24(32)28-25-20(15-27)19-6-4-3-5-7-23(19)33-25)29-10-12-30(13-11-29)22-9-8-18(17(2)31)14-21(22)26/h8-9,14,16H,3-7,10-13H2,1-2H3,(H,28,32). The number of hydrogen-bond acceptors (Lipinski definition) is 6. The third kappa shape index (κ3) is 4.94. The molecule has 1 atom stereocenters. The summed E-state index contributed by atoms with van der Waals surface area (Å²) in [5.74, 6) is -0.677. The first-order chi connectivity index (χ1) is 15.9. The zero-order valence-corrected chi connectivity index (χ0v) is 19.9. The average molecular weight is 469 g/mol. The topological polar surface area (TPSA) is 76.4 Å². The zero-order valence-electron chi connectivity index (χ0n) is 19.1. The van der Waals surface area contributed by atoms with Crippen molar-refractivity contribution in [1.82, 2.24) is 4.90 Å². The summed E-state index contributed by atoms with van der Waals surface area (Å²) >= 11 is 1.55. The van der Waals surface area contributed by atoms with Gasteiger partial charge in [-0.1, -0.05) is 6.42 Å². The van der Waals surface area contributed by atoms with Crippen LogP contribution in [-0.2, 0) is 17.6 Å². The quantitative estimate of drug-likeness (QED) is 0.521. The number of hydrogen-bond donors (Lipinski definition) is 1. The predicted octanol–water partition coefficient (Wildman–Crippen LogP) is 4.38. The van der Waals surface area contributed by atoms with Crippen LogP contribution in [0.25, 0.3) is 0 Å². The van der Waals surface area contributed by atoms with Gasteiger partial charge < -0.3 is 10.2 Å². The van der Waals surface area contributed by atoms with Crippen LogP contribution < -0.4 is 10.2 Å². The van der Waals surface area contributed by atoms with Gasteiger partial charge in [0.2, 0.25) is 5.91 Å². The molecule has 1 aromatic carbocycles. The molecule has 1 amide bonds. The van der Waals surface area contributed by atoms with E-state index < -0.39 is 5.82 Å². The minimum atomic E-state index is -0.400. The summed E-state index contributed by atoms with van der Waals surface area (Å²) in [7, 11) is 0. The van der Waals surface area contributed by atoms with E-state index in [-0.39, 0.29) is 17.7 Å². The maximum atomic E-state index is 14.5. The fourth-order valence-electron chi connectivity index (χ4n) is 4.66. The number of fused-ring (bicyclic) bond motifs is 1. The van der Waals surface area contributed by atoms with Gasteiger partial charge in [-0.3, -0.25) is 14.5 Å². The van der Waals surface area contributed by atoms with Crippen LogP contribution in [0.4, 0.5) is 15.1 Å². The third-order valence-electron chi connectivity index (χ3n) is 6.71. The van der Waals surface area contributed by atoms with Crippen molar-refractivity contribution >= 4 is 33.7 Å². The molecule has 0 saturated carbocycles. The summed E-state index contributed by atoms with van der Waals surface area (Å²) in [4.78, 5) is 29.7. The minimum absolute atomic E-state index is 0.117. The van der Waals surface area contributed by atoms with Gasteiger partial charge >= 0.3 is 0 Å². The van der Waals surface area contributed by atoms with Crippen molar-refractivity contribution in [2.45, 2.75) is 52.0 Å². The number of nitrogens with one attached hydrogen (secondary N) is 1. The van der Waals surface area contributed by atoms with E-state index in [0.717, 1.165) is 31.2 Å². The predicted molar refractivity (Wildman–Crippen MR) is 129 cm³/mol. The number of rotatable bonds is 5. The van der Waals surface area contributed by atoms with E-state index in [0.29, 0.717) is 48.0 Å². The summed E-state index contributed by atoms with van der Waals surface area (Å²) < 4.78 is 14.5. The summed E-state index contributed by atoms with van der Waals surface area (Å²) in [6.45, 7) is 5.71. The van der Waals surface area contributed by atoms with Crippen LogP contribution >= 0.6 is 11.3 Å². The lowest BCUT2D eigenvalue weighted by Crippen LogP contribution is -2.53. The smallest absolute Gasteiger partial charge is 0.242 e. The first-order valence-corrected chi connectivity index (χ1v) is 12.4. The molecule has 2 aliphatic rings. The van der Waals surface area contributed by atoms with E-state index in [2.05, 4.69) is 16.3 Å². The third-order valence-corrected chi connectivity index (χ3v) is 7.91. The number of Topliss-reactive ketones (excluding diaryl/α,β-unsaturated/α-hetero) is 1. The van der Waals surface area contributed by atoms with Crippen molar-refractivity contribution in [3.05, 3.63) is 45.6 Å². The number of nitriles is 1. The maximum Gasteiger partial charge on any atom is 0.242 e. The molecule has 0 bridgehead atoms. The van der Waals surface area contributed by atoms with Gasteiger partial charge in [-0.15, -0.1) is 11.3 Å². The number of carbonyl (C=O) groups is 2. The second-order valence-corrected chi connectivity index (χ2v) is 9.90. The van der Waals surface area contributed by atoms with Crippen molar-refractivity contribution in [2.24, 2.45) is 0 Å². The maximum absolute atomic E-state index is 14.5. The second kappa shape index (κ2) is 10.0. The number of anilines is 2. The molecular formula is C25H29FN4O2S. The molecule has 8 heteroatoms. The molecule has 2 heterocycles. The van der Waals surface area contributed by atoms with Crippen molar-refractivity contribution < 1.29 is 14.0 Å². The van der Waals surface area contributed by atoms with Gasteiger partial charge in [-0.05, 0) is 63.3 Å². The largest absolute Gasteiger partial charge is 0.367 e. The lowest BCUT2D eigenvalue weighted by atomic mass is 10.1. The summed E-state index contributed by atoms with van der Waals surface area (Å²) in [6, 6.07) is 6.55. The van der Waals surface area contributed by atoms with Crippen molar-refractivity contribution in [3.8, 4) is 6.07 Å². The first-order valence-electron chi connectivity index (χ1n) is 11.5. The number of amides is 1. The average Bonchev–Trinajstić information content (AvgIpc) is 2.97. The lowest BCUT2D eigenvalue weighted by Gasteiger charge is -2.38. The highest BCUT2D eigenvalue weighted by Gasteiger charge is 2.28. The number of thiophene rings is 1. The van der Waals surface area contributed by atoms with Gasteiger partial charge in [0.05, 0.1) is 17.3 Å². The second-order valence-electron chi connectivity index (χ2n) is 8.79. The molecule has 1 unspecified atom stereocenters. The monoisotopic (exact) mass is 468 g/mol. The molecule has 0 spiro atoms. The number of nitrogens with zero attached hydrogens (tertiary/aromatic N) is 3. The molecular weight excluding hydrogens is 439 g/mol. The molecule has 4 rings (SSSR count). The molecule has 1 fully saturated rings. The first kappa shape index (κ1) is 23.4. The number of benzene rings is 1. The van der Waals surface area contributed by atoms with Gasteiger partial charge in [-0.2, -0.15) is 5.26 Å². The number of halogens is 1. The van der Waals surface area contributed by atoms with E-state index in [9.17, 15) is 19.2 Å². The van der Waals surface area contributed by atoms with E-state index in [1.54, 1.807) is 23.5 Å². The molecule has 1 aliphatic heterocycles. The number of aryl methyl sites for hydroxylation is 1. The fourth-order valence-corrected chi connectivity index (χ4v) is 5.91. The Morgan fingerprint density at radius 1 is 1.15 bits per heavy atom. The highest BCUT2D eigenvalue weighted by atomic mass is 32.1. The Bertz CT molecular complexity index is 1100. The molecule has 1 N–H and O–H groups in total. The fraction of sp³-hybridized carbons (Fsp3) is 0.480. The van der Waals surface area contributed by atoms with Crippen LogP contribution in [0.3, 0.4) is 0 Å². The number of ketones is 1. The van der Waals surface area contributed by atoms with Crippen molar-refractivity contribution in [2.75, 3.05) is 36.4 Å². The molecule has 2 aromatic rings. The molecule has 6 nitrogen and oxygen atoms in total. The van der Waals surface area contributed by atoms with Gasteiger partial charge in [0, 0.05) is 36.6 Å². The van der Waals surface area contributed by atoms with Crippen LogP contribution in [0.15, 0.2) is 18.2 Å². The number of piperazine rings is 1. The molecule has 1 saturated heterocycles. The molecule has 1 aromatic heterocycles. The van der Waals surface area contributed by atoms with Gasteiger partial charge in [0.1, 0.15) is 16.9 Å². The Morgan fingerprint density at radius 3 is 2.55 bits per heavy atom. The normalized spacial score (nSPS) is 17.6.